The van der Waals surface area contributed by atoms with Crippen LogP contribution < -0.4 is 10.2 Å². The van der Waals surface area contributed by atoms with Gasteiger partial charge in [-0.15, -0.1) is 0 Å². The van der Waals surface area contributed by atoms with Crippen molar-refractivity contribution >= 4 is 17.3 Å². The topological polar surface area (TPSA) is 52.6 Å². The lowest BCUT2D eigenvalue weighted by Gasteiger charge is -2.34. The summed E-state index contributed by atoms with van der Waals surface area (Å²) >= 11 is 0. The lowest BCUT2D eigenvalue weighted by molar-refractivity contribution is -0.115. The third kappa shape index (κ3) is 1.86. The van der Waals surface area contributed by atoms with Crippen LogP contribution in [-0.2, 0) is 4.79 Å². The first-order valence-corrected chi connectivity index (χ1v) is 5.08. The van der Waals surface area contributed by atoms with Gasteiger partial charge in [0.05, 0.1) is 24.5 Å². The number of anilines is 2. The van der Waals surface area contributed by atoms with Crippen molar-refractivity contribution in [1.82, 2.24) is 0 Å². The molecular weight excluding hydrogens is 211 g/mol. The van der Waals surface area contributed by atoms with Crippen LogP contribution in [0.5, 0.6) is 0 Å². The van der Waals surface area contributed by atoms with Crippen molar-refractivity contribution in [3.05, 3.63) is 24.0 Å². The smallest absolute Gasteiger partial charge is 0.243 e. The highest BCUT2D eigenvalue weighted by atomic mass is 19.1. The molecule has 0 spiro atoms. The van der Waals surface area contributed by atoms with Crippen molar-refractivity contribution in [3.63, 3.8) is 0 Å². The van der Waals surface area contributed by atoms with E-state index in [-0.39, 0.29) is 25.1 Å². The summed E-state index contributed by atoms with van der Waals surface area (Å²) in [5.74, 6) is -0.587. The fourth-order valence-corrected chi connectivity index (χ4v) is 1.78. The molecule has 1 unspecified atom stereocenters. The molecule has 0 aromatic heterocycles. The summed E-state index contributed by atoms with van der Waals surface area (Å²) in [6.45, 7) is 1.94. The molecule has 4 nitrogen and oxygen atoms in total. The molecule has 2 rings (SSSR count). The molecule has 1 heterocycles. The van der Waals surface area contributed by atoms with Gasteiger partial charge in [-0.1, -0.05) is 0 Å². The second-order valence-electron chi connectivity index (χ2n) is 3.87. The normalized spacial score (nSPS) is 16.7. The number of aliphatic hydroxyl groups is 1. The number of carbonyl (C=O) groups is 1. The van der Waals surface area contributed by atoms with Gasteiger partial charge in [0.15, 0.2) is 0 Å². The standard InChI is InChI=1S/C11H13FN2O2/c1-7(6-15)14-5-11(16)13-9-4-8(12)2-3-10(9)14/h2-4,7,15H,5-6H2,1H3,(H,13,16). The average Bonchev–Trinajstić information content (AvgIpc) is 2.26. The Bertz CT molecular complexity index is 422. The Balaban J connectivity index is 2.41. The molecule has 0 fully saturated rings. The second kappa shape index (κ2) is 4.09. The van der Waals surface area contributed by atoms with Gasteiger partial charge in [0.2, 0.25) is 5.91 Å². The number of fused-ring (bicyclic) bond motifs is 1. The number of hydrogen-bond donors (Lipinski definition) is 2. The average molecular weight is 224 g/mol. The molecule has 16 heavy (non-hydrogen) atoms. The molecule has 2 N–H and O–H groups in total. The van der Waals surface area contributed by atoms with E-state index in [9.17, 15) is 9.18 Å². The Morgan fingerprint density at radius 2 is 2.38 bits per heavy atom. The van der Waals surface area contributed by atoms with Crippen LogP contribution in [0.2, 0.25) is 0 Å². The summed E-state index contributed by atoms with van der Waals surface area (Å²) in [5.41, 5.74) is 1.19. The Morgan fingerprint density at radius 3 is 3.06 bits per heavy atom. The molecule has 0 aliphatic carbocycles. The minimum absolute atomic E-state index is 0.0515. The van der Waals surface area contributed by atoms with Crippen molar-refractivity contribution < 1.29 is 14.3 Å². The summed E-state index contributed by atoms with van der Waals surface area (Å²) in [7, 11) is 0. The van der Waals surface area contributed by atoms with Crippen molar-refractivity contribution in [3.8, 4) is 0 Å². The minimum Gasteiger partial charge on any atom is -0.394 e. The van der Waals surface area contributed by atoms with Crippen molar-refractivity contribution in [2.75, 3.05) is 23.4 Å². The van der Waals surface area contributed by atoms with Gasteiger partial charge < -0.3 is 15.3 Å². The fourth-order valence-electron chi connectivity index (χ4n) is 1.78. The van der Waals surface area contributed by atoms with Crippen LogP contribution in [0.15, 0.2) is 18.2 Å². The first-order chi connectivity index (χ1) is 7.61. The zero-order chi connectivity index (χ0) is 11.7. The molecular formula is C11H13FN2O2. The Morgan fingerprint density at radius 1 is 1.62 bits per heavy atom. The lowest BCUT2D eigenvalue weighted by atomic mass is 10.1. The van der Waals surface area contributed by atoms with Crippen LogP contribution in [0.1, 0.15) is 6.92 Å². The Hall–Kier alpha value is -1.62. The highest BCUT2D eigenvalue weighted by Gasteiger charge is 2.25. The summed E-state index contributed by atoms with van der Waals surface area (Å²) in [5, 5.41) is 11.7. The Labute approximate surface area is 92.7 Å². The molecule has 5 heteroatoms. The molecule has 1 aliphatic heterocycles. The van der Waals surface area contributed by atoms with Crippen LogP contribution in [0.4, 0.5) is 15.8 Å². The van der Waals surface area contributed by atoms with E-state index in [1.165, 1.54) is 12.1 Å². The van der Waals surface area contributed by atoms with E-state index in [1.54, 1.807) is 11.0 Å². The van der Waals surface area contributed by atoms with E-state index in [1.807, 2.05) is 6.92 Å². The maximum Gasteiger partial charge on any atom is 0.243 e. The van der Waals surface area contributed by atoms with Crippen LogP contribution in [-0.4, -0.2) is 30.2 Å². The zero-order valence-electron chi connectivity index (χ0n) is 8.90. The van der Waals surface area contributed by atoms with E-state index < -0.39 is 5.82 Å². The van der Waals surface area contributed by atoms with E-state index in [2.05, 4.69) is 5.32 Å². The molecule has 1 amide bonds. The number of amides is 1. The molecule has 0 bridgehead atoms. The van der Waals surface area contributed by atoms with Gasteiger partial charge in [-0.25, -0.2) is 4.39 Å². The van der Waals surface area contributed by atoms with Gasteiger partial charge in [-0.2, -0.15) is 0 Å². The first-order valence-electron chi connectivity index (χ1n) is 5.08. The summed E-state index contributed by atoms with van der Waals surface area (Å²) in [6.07, 6.45) is 0. The number of carbonyl (C=O) groups excluding carboxylic acids is 1. The van der Waals surface area contributed by atoms with Crippen molar-refractivity contribution in [2.45, 2.75) is 13.0 Å². The third-order valence-corrected chi connectivity index (χ3v) is 2.65. The highest BCUT2D eigenvalue weighted by Crippen LogP contribution is 2.31. The van der Waals surface area contributed by atoms with Crippen molar-refractivity contribution in [1.29, 1.82) is 0 Å². The van der Waals surface area contributed by atoms with E-state index in [0.29, 0.717) is 5.69 Å². The van der Waals surface area contributed by atoms with Gasteiger partial charge in [0.1, 0.15) is 5.82 Å². The highest BCUT2D eigenvalue weighted by molar-refractivity contribution is 6.01. The molecule has 1 aliphatic rings. The van der Waals surface area contributed by atoms with Crippen molar-refractivity contribution in [2.24, 2.45) is 0 Å². The number of halogens is 1. The monoisotopic (exact) mass is 224 g/mol. The van der Waals surface area contributed by atoms with Crippen LogP contribution in [0.25, 0.3) is 0 Å². The summed E-state index contributed by atoms with van der Waals surface area (Å²) in [4.78, 5) is 13.2. The number of nitrogens with one attached hydrogen (secondary N) is 1. The second-order valence-corrected chi connectivity index (χ2v) is 3.87. The molecule has 1 atom stereocenters. The van der Waals surface area contributed by atoms with E-state index in [4.69, 9.17) is 5.11 Å². The van der Waals surface area contributed by atoms with Gasteiger partial charge in [0, 0.05) is 6.04 Å². The molecule has 1 aromatic carbocycles. The molecule has 1 aromatic rings. The number of nitrogens with zero attached hydrogens (tertiary/aromatic N) is 1. The van der Waals surface area contributed by atoms with Crippen LogP contribution in [0.3, 0.4) is 0 Å². The Kier molecular flexibility index (Phi) is 2.78. The van der Waals surface area contributed by atoms with Crippen LogP contribution in [0, 0.1) is 5.82 Å². The third-order valence-electron chi connectivity index (χ3n) is 2.65. The van der Waals surface area contributed by atoms with Gasteiger partial charge in [0.25, 0.3) is 0 Å². The van der Waals surface area contributed by atoms with Gasteiger partial charge in [-0.3, -0.25) is 4.79 Å². The molecule has 86 valence electrons. The molecule has 0 saturated heterocycles. The van der Waals surface area contributed by atoms with Gasteiger partial charge in [-0.05, 0) is 25.1 Å². The maximum absolute atomic E-state index is 13.0. The SMILES string of the molecule is CC(CO)N1CC(=O)Nc2cc(F)ccc21. The molecule has 0 saturated carbocycles. The number of rotatable bonds is 2. The number of hydrogen-bond acceptors (Lipinski definition) is 3. The van der Waals surface area contributed by atoms with E-state index in [0.717, 1.165) is 5.69 Å². The maximum atomic E-state index is 13.0. The lowest BCUT2D eigenvalue weighted by Crippen LogP contribution is -2.44. The summed E-state index contributed by atoms with van der Waals surface area (Å²) in [6, 6.07) is 4.06. The van der Waals surface area contributed by atoms with Gasteiger partial charge >= 0.3 is 0 Å². The van der Waals surface area contributed by atoms with E-state index >= 15 is 0 Å². The van der Waals surface area contributed by atoms with Crippen LogP contribution >= 0.6 is 0 Å². The zero-order valence-corrected chi connectivity index (χ0v) is 8.90. The largest absolute Gasteiger partial charge is 0.394 e. The minimum atomic E-state index is -0.391. The predicted octanol–water partition coefficient (Wildman–Crippen LogP) is 0.965. The number of aliphatic hydroxyl groups excluding tert-OH is 1. The quantitative estimate of drug-likeness (QED) is 0.786. The number of benzene rings is 1. The first kappa shape index (κ1) is 10.9. The predicted molar refractivity (Wildman–Crippen MR) is 58.9 cm³/mol. The fraction of sp³-hybridized carbons (Fsp3) is 0.364. The summed E-state index contributed by atoms with van der Waals surface area (Å²) < 4.78 is 13.0. The molecule has 0 radical (unpaired) electrons.